The number of carbonyl (C=O) groups is 1. The highest BCUT2D eigenvalue weighted by Gasteiger charge is 2.21. The summed E-state index contributed by atoms with van der Waals surface area (Å²) in [7, 11) is -4.02. The lowest BCUT2D eigenvalue weighted by atomic mass is 9.96. The van der Waals surface area contributed by atoms with Gasteiger partial charge in [0.05, 0.1) is 10.6 Å². The maximum absolute atomic E-state index is 13.8. The standard InChI is InChI=1S/C22H27FN2O3S/c1-16-13-14-18(29(27,28)25-21-12-8-7-11-20(21)23)15-19(16)22(26)24-17-9-5-3-2-4-6-10-17/h7-8,11-15,17,25H,2-6,9-10H2,1H3,(H,24,26). The van der Waals surface area contributed by atoms with Gasteiger partial charge in [-0.25, -0.2) is 12.8 Å². The summed E-state index contributed by atoms with van der Waals surface area (Å²) in [5.74, 6) is -0.929. The minimum Gasteiger partial charge on any atom is -0.349 e. The van der Waals surface area contributed by atoms with E-state index >= 15 is 0 Å². The molecule has 0 bridgehead atoms. The Labute approximate surface area is 171 Å². The van der Waals surface area contributed by atoms with Crippen LogP contribution in [0.1, 0.15) is 60.9 Å². The van der Waals surface area contributed by atoms with Crippen LogP contribution in [0, 0.1) is 12.7 Å². The molecule has 1 aliphatic carbocycles. The summed E-state index contributed by atoms with van der Waals surface area (Å²) >= 11 is 0. The van der Waals surface area contributed by atoms with Gasteiger partial charge in [-0.1, -0.05) is 50.3 Å². The summed E-state index contributed by atoms with van der Waals surface area (Å²) in [5, 5.41) is 3.07. The molecule has 0 atom stereocenters. The molecule has 1 saturated carbocycles. The molecule has 0 aliphatic heterocycles. The molecule has 29 heavy (non-hydrogen) atoms. The minimum atomic E-state index is -4.02. The van der Waals surface area contributed by atoms with Crippen molar-refractivity contribution in [1.82, 2.24) is 5.32 Å². The average Bonchev–Trinajstić information content (AvgIpc) is 2.65. The number of benzene rings is 2. The lowest BCUT2D eigenvalue weighted by Gasteiger charge is -2.21. The Morgan fingerprint density at radius 2 is 1.66 bits per heavy atom. The number of halogens is 1. The largest absolute Gasteiger partial charge is 0.349 e. The van der Waals surface area contributed by atoms with E-state index in [2.05, 4.69) is 10.0 Å². The summed E-state index contributed by atoms with van der Waals surface area (Å²) in [5.41, 5.74) is 0.884. The molecule has 2 aromatic rings. The van der Waals surface area contributed by atoms with E-state index in [9.17, 15) is 17.6 Å². The van der Waals surface area contributed by atoms with E-state index in [4.69, 9.17) is 0 Å². The zero-order chi connectivity index (χ0) is 20.9. The van der Waals surface area contributed by atoms with Gasteiger partial charge in [-0.3, -0.25) is 9.52 Å². The highest BCUT2D eigenvalue weighted by molar-refractivity contribution is 7.92. The van der Waals surface area contributed by atoms with Gasteiger partial charge in [-0.15, -0.1) is 0 Å². The number of carbonyl (C=O) groups excluding carboxylic acids is 1. The first-order chi connectivity index (χ1) is 13.9. The van der Waals surface area contributed by atoms with Gasteiger partial charge in [0.15, 0.2) is 0 Å². The number of anilines is 1. The van der Waals surface area contributed by atoms with Crippen molar-refractivity contribution in [3.8, 4) is 0 Å². The van der Waals surface area contributed by atoms with E-state index < -0.39 is 15.8 Å². The van der Waals surface area contributed by atoms with Crippen molar-refractivity contribution >= 4 is 21.6 Å². The molecule has 0 spiro atoms. The van der Waals surface area contributed by atoms with Crippen LogP contribution in [0.15, 0.2) is 47.4 Å². The quantitative estimate of drug-likeness (QED) is 0.734. The summed E-state index contributed by atoms with van der Waals surface area (Å²) < 4.78 is 41.5. The van der Waals surface area contributed by atoms with Gasteiger partial charge in [0.1, 0.15) is 5.82 Å². The fourth-order valence-electron chi connectivity index (χ4n) is 3.62. The SMILES string of the molecule is Cc1ccc(S(=O)(=O)Nc2ccccc2F)cc1C(=O)NC1CCCCCCC1. The normalized spacial score (nSPS) is 15.9. The molecule has 1 aliphatic rings. The molecule has 0 heterocycles. The molecule has 1 amide bonds. The topological polar surface area (TPSA) is 75.3 Å². The van der Waals surface area contributed by atoms with Crippen LogP contribution in [0.4, 0.5) is 10.1 Å². The Morgan fingerprint density at radius 1 is 1.00 bits per heavy atom. The maximum Gasteiger partial charge on any atom is 0.262 e. The van der Waals surface area contributed by atoms with E-state index in [1.165, 1.54) is 49.6 Å². The number of hydrogen-bond acceptors (Lipinski definition) is 3. The smallest absolute Gasteiger partial charge is 0.262 e. The Kier molecular flexibility index (Phi) is 6.90. The van der Waals surface area contributed by atoms with E-state index in [0.29, 0.717) is 11.1 Å². The van der Waals surface area contributed by atoms with E-state index in [1.807, 2.05) is 0 Å². The van der Waals surface area contributed by atoms with E-state index in [-0.39, 0.29) is 22.5 Å². The zero-order valence-corrected chi connectivity index (χ0v) is 17.4. The molecule has 3 rings (SSSR count). The minimum absolute atomic E-state index is 0.0748. The number of sulfonamides is 1. The molecule has 0 unspecified atom stereocenters. The van der Waals surface area contributed by atoms with Crippen LogP contribution < -0.4 is 10.0 Å². The van der Waals surface area contributed by atoms with Gasteiger partial charge in [0.2, 0.25) is 0 Å². The Hall–Kier alpha value is -2.41. The first-order valence-corrected chi connectivity index (χ1v) is 11.5. The van der Waals surface area contributed by atoms with Gasteiger partial charge in [-0.2, -0.15) is 0 Å². The number of nitrogens with one attached hydrogen (secondary N) is 2. The molecule has 2 N–H and O–H groups in total. The molecular formula is C22H27FN2O3S. The molecule has 7 heteroatoms. The molecule has 0 saturated heterocycles. The number of para-hydroxylation sites is 1. The molecule has 5 nitrogen and oxygen atoms in total. The van der Waals surface area contributed by atoms with Crippen molar-refractivity contribution < 1.29 is 17.6 Å². The van der Waals surface area contributed by atoms with Crippen molar-refractivity contribution in [1.29, 1.82) is 0 Å². The third kappa shape index (κ3) is 5.56. The van der Waals surface area contributed by atoms with Crippen LogP contribution in [0.2, 0.25) is 0 Å². The number of hydrogen-bond donors (Lipinski definition) is 2. The number of rotatable bonds is 5. The van der Waals surface area contributed by atoms with Crippen molar-refractivity contribution in [3.63, 3.8) is 0 Å². The predicted octanol–water partition coefficient (Wildman–Crippen LogP) is 4.78. The van der Waals surface area contributed by atoms with Crippen LogP contribution in [0.25, 0.3) is 0 Å². The summed E-state index contributed by atoms with van der Waals surface area (Å²) in [6, 6.07) is 10.1. The van der Waals surface area contributed by atoms with Gasteiger partial charge in [-0.05, 0) is 49.6 Å². The van der Waals surface area contributed by atoms with Crippen LogP contribution in [-0.4, -0.2) is 20.4 Å². The van der Waals surface area contributed by atoms with Crippen LogP contribution in [-0.2, 0) is 10.0 Å². The summed E-state index contributed by atoms with van der Waals surface area (Å²) in [6.45, 7) is 1.77. The van der Waals surface area contributed by atoms with Gasteiger partial charge < -0.3 is 5.32 Å². The van der Waals surface area contributed by atoms with Crippen LogP contribution >= 0.6 is 0 Å². The third-order valence-electron chi connectivity index (χ3n) is 5.32. The lowest BCUT2D eigenvalue weighted by molar-refractivity contribution is 0.0929. The third-order valence-corrected chi connectivity index (χ3v) is 6.69. The number of aryl methyl sites for hydroxylation is 1. The van der Waals surface area contributed by atoms with Crippen LogP contribution in [0.3, 0.4) is 0 Å². The van der Waals surface area contributed by atoms with Gasteiger partial charge in [0.25, 0.3) is 15.9 Å². The summed E-state index contributed by atoms with van der Waals surface area (Å²) in [4.78, 5) is 12.8. The molecule has 1 fully saturated rings. The van der Waals surface area contributed by atoms with Crippen LogP contribution in [0.5, 0.6) is 0 Å². The van der Waals surface area contributed by atoms with E-state index in [0.717, 1.165) is 25.7 Å². The lowest BCUT2D eigenvalue weighted by Crippen LogP contribution is -2.35. The van der Waals surface area contributed by atoms with Crippen molar-refractivity contribution in [2.45, 2.75) is 62.8 Å². The molecular weight excluding hydrogens is 391 g/mol. The zero-order valence-electron chi connectivity index (χ0n) is 16.6. The average molecular weight is 419 g/mol. The summed E-state index contributed by atoms with van der Waals surface area (Å²) in [6.07, 6.45) is 7.67. The Bertz CT molecular complexity index is 968. The van der Waals surface area contributed by atoms with Crippen molar-refractivity contribution in [2.75, 3.05) is 4.72 Å². The fourth-order valence-corrected chi connectivity index (χ4v) is 4.72. The highest BCUT2D eigenvalue weighted by Crippen LogP contribution is 2.22. The van der Waals surface area contributed by atoms with Crippen molar-refractivity contribution in [2.24, 2.45) is 0 Å². The second-order valence-electron chi connectivity index (χ2n) is 7.58. The monoisotopic (exact) mass is 418 g/mol. The maximum atomic E-state index is 13.8. The fraction of sp³-hybridized carbons (Fsp3) is 0.409. The molecule has 0 radical (unpaired) electrons. The Balaban J connectivity index is 1.79. The molecule has 156 valence electrons. The molecule has 2 aromatic carbocycles. The van der Waals surface area contributed by atoms with Gasteiger partial charge in [0, 0.05) is 11.6 Å². The Morgan fingerprint density at radius 3 is 2.34 bits per heavy atom. The first-order valence-electron chi connectivity index (χ1n) is 10.1. The van der Waals surface area contributed by atoms with E-state index in [1.54, 1.807) is 19.1 Å². The second-order valence-corrected chi connectivity index (χ2v) is 9.26. The van der Waals surface area contributed by atoms with Gasteiger partial charge >= 0.3 is 0 Å². The molecule has 0 aromatic heterocycles. The second kappa shape index (κ2) is 9.39. The predicted molar refractivity (Wildman–Crippen MR) is 112 cm³/mol. The van der Waals surface area contributed by atoms with Crippen molar-refractivity contribution in [3.05, 3.63) is 59.4 Å². The highest BCUT2D eigenvalue weighted by atomic mass is 32.2. The number of amides is 1. The first kappa shape index (κ1) is 21.3.